The number of hydrogen-bond acceptors (Lipinski definition) is 5. The molecule has 0 aliphatic rings. The minimum atomic E-state index is -3.86. The molecule has 0 atom stereocenters. The first kappa shape index (κ1) is 14.6. The van der Waals surface area contributed by atoms with Crippen LogP contribution in [-0.2, 0) is 17.1 Å². The van der Waals surface area contributed by atoms with E-state index in [-0.39, 0.29) is 16.3 Å². The Balaban J connectivity index is 2.44. The number of nitriles is 2. The molecule has 0 fully saturated rings. The third-order valence-electron chi connectivity index (χ3n) is 2.92. The summed E-state index contributed by atoms with van der Waals surface area (Å²) in [4.78, 5) is 0.0177. The van der Waals surface area contributed by atoms with Crippen molar-refractivity contribution in [1.82, 2.24) is 9.78 Å². The van der Waals surface area contributed by atoms with Gasteiger partial charge in [-0.1, -0.05) is 0 Å². The van der Waals surface area contributed by atoms with Crippen LogP contribution in [0.2, 0.25) is 0 Å². The van der Waals surface area contributed by atoms with Gasteiger partial charge in [-0.2, -0.15) is 15.6 Å². The van der Waals surface area contributed by atoms with E-state index in [0.29, 0.717) is 11.1 Å². The zero-order chi connectivity index (χ0) is 15.6. The Morgan fingerprint density at radius 2 is 1.90 bits per heavy atom. The molecule has 0 amide bonds. The summed E-state index contributed by atoms with van der Waals surface area (Å²) in [5.74, 6) is 0.0968. The average molecular weight is 301 g/mol. The van der Waals surface area contributed by atoms with Crippen LogP contribution in [0.5, 0.6) is 0 Å². The van der Waals surface area contributed by atoms with E-state index in [4.69, 9.17) is 10.5 Å². The van der Waals surface area contributed by atoms with Gasteiger partial charge in [0.2, 0.25) is 0 Å². The van der Waals surface area contributed by atoms with Crippen molar-refractivity contribution in [2.45, 2.75) is 11.8 Å². The molecule has 21 heavy (non-hydrogen) atoms. The summed E-state index contributed by atoms with van der Waals surface area (Å²) in [5.41, 5.74) is 1.10. The van der Waals surface area contributed by atoms with Gasteiger partial charge in [0.15, 0.2) is 5.82 Å². The van der Waals surface area contributed by atoms with E-state index in [0.717, 1.165) is 0 Å². The predicted octanol–water partition coefficient (Wildman–Crippen LogP) is 1.27. The molecule has 0 bridgehead atoms. The molecule has 0 aliphatic carbocycles. The third kappa shape index (κ3) is 2.71. The number of aryl methyl sites for hydroxylation is 2. The van der Waals surface area contributed by atoms with Crippen molar-refractivity contribution in [3.8, 4) is 12.1 Å². The minimum absolute atomic E-state index is 0.0177. The number of benzene rings is 1. The lowest BCUT2D eigenvalue weighted by Gasteiger charge is -2.09. The van der Waals surface area contributed by atoms with Crippen molar-refractivity contribution in [3.05, 3.63) is 41.1 Å². The first-order valence-electron chi connectivity index (χ1n) is 5.84. The molecule has 7 nitrogen and oxygen atoms in total. The molecular formula is C13H11N5O2S. The molecule has 1 N–H and O–H groups in total. The summed E-state index contributed by atoms with van der Waals surface area (Å²) < 4.78 is 28.3. The number of hydrogen-bond donors (Lipinski definition) is 1. The monoisotopic (exact) mass is 301 g/mol. The first-order chi connectivity index (χ1) is 9.89. The zero-order valence-electron chi connectivity index (χ0n) is 11.3. The second kappa shape index (κ2) is 5.27. The maximum Gasteiger partial charge on any atom is 0.263 e. The van der Waals surface area contributed by atoms with Crippen LogP contribution in [0.3, 0.4) is 0 Å². The summed E-state index contributed by atoms with van der Waals surface area (Å²) in [6.07, 6.45) is 1.28. The van der Waals surface area contributed by atoms with Gasteiger partial charge in [-0.3, -0.25) is 9.40 Å². The quantitative estimate of drug-likeness (QED) is 0.917. The maximum absolute atomic E-state index is 12.3. The smallest absolute Gasteiger partial charge is 0.262 e. The van der Waals surface area contributed by atoms with Gasteiger partial charge in [-0.25, -0.2) is 8.42 Å². The van der Waals surface area contributed by atoms with Crippen LogP contribution in [0.15, 0.2) is 29.3 Å². The van der Waals surface area contributed by atoms with Gasteiger partial charge in [-0.15, -0.1) is 0 Å². The fourth-order valence-corrected chi connectivity index (χ4v) is 2.95. The fraction of sp³-hybridized carbons (Fsp3) is 0.154. The second-order valence-electron chi connectivity index (χ2n) is 4.34. The van der Waals surface area contributed by atoms with Gasteiger partial charge in [-0.05, 0) is 30.7 Å². The highest BCUT2D eigenvalue weighted by molar-refractivity contribution is 7.92. The van der Waals surface area contributed by atoms with E-state index in [9.17, 15) is 8.42 Å². The summed E-state index contributed by atoms with van der Waals surface area (Å²) in [5, 5.41) is 21.6. The van der Waals surface area contributed by atoms with E-state index in [1.54, 1.807) is 6.92 Å². The van der Waals surface area contributed by atoms with Crippen LogP contribution in [0, 0.1) is 29.6 Å². The average Bonchev–Trinajstić information content (AvgIpc) is 2.79. The fourth-order valence-electron chi connectivity index (χ4n) is 1.76. The molecule has 1 aromatic heterocycles. The Kier molecular flexibility index (Phi) is 3.66. The van der Waals surface area contributed by atoms with Gasteiger partial charge < -0.3 is 0 Å². The standard InChI is InChI=1S/C13H11N5O2S/c1-9-5-12(4-3-10(9)6-14)21(19,20)17-13-11(7-15)8-16-18(13)2/h3-5,8,17H,1-2H3. The van der Waals surface area contributed by atoms with Crippen molar-refractivity contribution in [3.63, 3.8) is 0 Å². The highest BCUT2D eigenvalue weighted by atomic mass is 32.2. The molecule has 1 heterocycles. The van der Waals surface area contributed by atoms with Gasteiger partial charge in [0, 0.05) is 7.05 Å². The Morgan fingerprint density at radius 3 is 2.48 bits per heavy atom. The first-order valence-corrected chi connectivity index (χ1v) is 7.33. The molecule has 0 saturated carbocycles. The van der Waals surface area contributed by atoms with E-state index in [1.165, 1.54) is 36.1 Å². The molecule has 0 spiro atoms. The predicted molar refractivity (Wildman–Crippen MR) is 74.6 cm³/mol. The largest absolute Gasteiger partial charge is 0.263 e. The molecule has 0 unspecified atom stereocenters. The van der Waals surface area contributed by atoms with Crippen LogP contribution in [-0.4, -0.2) is 18.2 Å². The number of nitrogens with one attached hydrogen (secondary N) is 1. The molecule has 8 heteroatoms. The van der Waals surface area contributed by atoms with Crippen molar-refractivity contribution in [1.29, 1.82) is 10.5 Å². The summed E-state index contributed by atoms with van der Waals surface area (Å²) in [7, 11) is -2.33. The molecule has 2 aromatic rings. The Labute approximate surface area is 122 Å². The number of anilines is 1. The molecule has 0 aliphatic heterocycles. The van der Waals surface area contributed by atoms with E-state index in [1.807, 2.05) is 12.1 Å². The number of nitrogens with zero attached hydrogens (tertiary/aromatic N) is 4. The summed E-state index contributed by atoms with van der Waals surface area (Å²) in [6, 6.07) is 8.03. The molecule has 2 rings (SSSR count). The van der Waals surface area contributed by atoms with Gasteiger partial charge in [0.05, 0.1) is 22.7 Å². The van der Waals surface area contributed by atoms with Crippen LogP contribution in [0.1, 0.15) is 16.7 Å². The molecular weight excluding hydrogens is 290 g/mol. The van der Waals surface area contributed by atoms with Crippen LogP contribution >= 0.6 is 0 Å². The Morgan fingerprint density at radius 1 is 1.24 bits per heavy atom. The molecule has 1 aromatic carbocycles. The maximum atomic E-state index is 12.3. The van der Waals surface area contributed by atoms with Crippen molar-refractivity contribution in [2.24, 2.45) is 7.05 Å². The zero-order valence-corrected chi connectivity index (χ0v) is 12.1. The van der Waals surface area contributed by atoms with E-state index in [2.05, 4.69) is 9.82 Å². The van der Waals surface area contributed by atoms with Crippen molar-refractivity contribution >= 4 is 15.8 Å². The highest BCUT2D eigenvalue weighted by Gasteiger charge is 2.19. The lowest BCUT2D eigenvalue weighted by Crippen LogP contribution is -2.16. The lowest BCUT2D eigenvalue weighted by atomic mass is 10.1. The molecule has 0 saturated heterocycles. The number of aromatic nitrogens is 2. The normalized spacial score (nSPS) is 10.7. The van der Waals surface area contributed by atoms with Crippen LogP contribution in [0.25, 0.3) is 0 Å². The highest BCUT2D eigenvalue weighted by Crippen LogP contribution is 2.20. The van der Waals surface area contributed by atoms with Crippen LogP contribution < -0.4 is 4.72 Å². The topological polar surface area (TPSA) is 112 Å². The number of rotatable bonds is 3. The van der Waals surface area contributed by atoms with Gasteiger partial charge in [0.25, 0.3) is 10.0 Å². The van der Waals surface area contributed by atoms with Crippen molar-refractivity contribution < 1.29 is 8.42 Å². The van der Waals surface area contributed by atoms with Gasteiger partial charge in [0.1, 0.15) is 11.6 Å². The van der Waals surface area contributed by atoms with Crippen LogP contribution in [0.4, 0.5) is 5.82 Å². The van der Waals surface area contributed by atoms with Gasteiger partial charge >= 0.3 is 0 Å². The molecule has 106 valence electrons. The Bertz CT molecular complexity index is 884. The molecule has 0 radical (unpaired) electrons. The van der Waals surface area contributed by atoms with E-state index >= 15 is 0 Å². The van der Waals surface area contributed by atoms with Crippen molar-refractivity contribution in [2.75, 3.05) is 4.72 Å². The summed E-state index contributed by atoms with van der Waals surface area (Å²) >= 11 is 0. The summed E-state index contributed by atoms with van der Waals surface area (Å²) in [6.45, 7) is 1.66. The SMILES string of the molecule is Cc1cc(S(=O)(=O)Nc2c(C#N)cnn2C)ccc1C#N. The third-order valence-corrected chi connectivity index (χ3v) is 4.26. The minimum Gasteiger partial charge on any atom is -0.262 e. The second-order valence-corrected chi connectivity index (χ2v) is 6.02. The lowest BCUT2D eigenvalue weighted by molar-refractivity contribution is 0.600. The van der Waals surface area contributed by atoms with E-state index < -0.39 is 10.0 Å². The Hall–Kier alpha value is -2.84. The number of sulfonamides is 1.